The van der Waals surface area contributed by atoms with E-state index in [4.69, 9.17) is 16.3 Å². The molecule has 2 aromatic carbocycles. The molecular weight excluding hydrogens is 293 g/mol. The Morgan fingerprint density at radius 2 is 1.90 bits per heavy atom. The summed E-state index contributed by atoms with van der Waals surface area (Å²) in [6, 6.07) is 13.2. The van der Waals surface area contributed by atoms with Crippen molar-refractivity contribution in [2.75, 3.05) is 0 Å². The van der Waals surface area contributed by atoms with Gasteiger partial charge in [0, 0.05) is 12.1 Å². The highest BCUT2D eigenvalue weighted by Crippen LogP contribution is 2.24. The molecule has 0 radical (unpaired) electrons. The summed E-state index contributed by atoms with van der Waals surface area (Å²) in [6.45, 7) is 1.72. The second-order valence-corrected chi connectivity index (χ2v) is 4.91. The smallest absolute Gasteiger partial charge is 0.261 e. The van der Waals surface area contributed by atoms with Crippen LogP contribution in [0.4, 0.5) is 4.39 Å². The molecule has 5 heteroatoms. The minimum Gasteiger partial charge on any atom is -0.479 e. The molecule has 0 heterocycles. The summed E-state index contributed by atoms with van der Waals surface area (Å²) in [4.78, 5) is 11.9. The number of halogens is 2. The van der Waals surface area contributed by atoms with Crippen LogP contribution in [0.3, 0.4) is 0 Å². The Bertz CT molecular complexity index is 633. The fourth-order valence-corrected chi connectivity index (χ4v) is 1.93. The summed E-state index contributed by atoms with van der Waals surface area (Å²) in [5.74, 6) is -0.247. The topological polar surface area (TPSA) is 38.3 Å². The summed E-state index contributed by atoms with van der Waals surface area (Å²) < 4.78 is 18.9. The molecule has 0 aromatic heterocycles. The number of hydrogen-bond donors (Lipinski definition) is 1. The van der Waals surface area contributed by atoms with Gasteiger partial charge in [0.25, 0.3) is 5.91 Å². The minimum atomic E-state index is -0.725. The van der Waals surface area contributed by atoms with Crippen LogP contribution in [0.2, 0.25) is 5.02 Å². The summed E-state index contributed by atoms with van der Waals surface area (Å²) in [5.41, 5.74) is 0.427. The summed E-state index contributed by atoms with van der Waals surface area (Å²) in [7, 11) is 0. The molecule has 2 rings (SSSR count). The normalized spacial score (nSPS) is 11.8. The second-order valence-electron chi connectivity index (χ2n) is 4.50. The highest BCUT2D eigenvalue weighted by molar-refractivity contribution is 6.32. The van der Waals surface area contributed by atoms with Gasteiger partial charge in [-0.25, -0.2) is 4.39 Å². The van der Waals surface area contributed by atoms with E-state index in [2.05, 4.69) is 5.32 Å². The third-order valence-electron chi connectivity index (χ3n) is 2.92. The molecule has 0 unspecified atom stereocenters. The lowest BCUT2D eigenvalue weighted by molar-refractivity contribution is -0.127. The van der Waals surface area contributed by atoms with Crippen molar-refractivity contribution in [2.45, 2.75) is 19.6 Å². The number of benzene rings is 2. The summed E-state index contributed by atoms with van der Waals surface area (Å²) in [6.07, 6.45) is -0.725. The van der Waals surface area contributed by atoms with E-state index in [1.165, 1.54) is 6.07 Å². The molecule has 0 aliphatic carbocycles. The zero-order valence-corrected chi connectivity index (χ0v) is 12.2. The van der Waals surface area contributed by atoms with E-state index in [1.54, 1.807) is 49.4 Å². The van der Waals surface area contributed by atoms with Crippen molar-refractivity contribution < 1.29 is 13.9 Å². The van der Waals surface area contributed by atoms with Crippen molar-refractivity contribution >= 4 is 17.5 Å². The number of rotatable bonds is 5. The zero-order chi connectivity index (χ0) is 15.2. The van der Waals surface area contributed by atoms with Gasteiger partial charge >= 0.3 is 0 Å². The van der Waals surface area contributed by atoms with Crippen molar-refractivity contribution in [3.05, 3.63) is 64.9 Å². The molecule has 0 fully saturated rings. The maximum absolute atomic E-state index is 13.4. The standard InChI is InChI=1S/C16H15ClFNO2/c1-11(21-15-9-5-3-7-13(15)17)16(20)19-10-12-6-2-4-8-14(12)18/h2-9,11H,10H2,1H3,(H,19,20)/t11-/m0/s1. The molecule has 0 bridgehead atoms. The largest absolute Gasteiger partial charge is 0.479 e. The first kappa shape index (κ1) is 15.3. The van der Waals surface area contributed by atoms with Crippen molar-refractivity contribution in [3.8, 4) is 5.75 Å². The van der Waals surface area contributed by atoms with Crippen LogP contribution in [0.25, 0.3) is 0 Å². The van der Waals surface area contributed by atoms with Crippen molar-refractivity contribution in [1.82, 2.24) is 5.32 Å². The molecule has 21 heavy (non-hydrogen) atoms. The van der Waals surface area contributed by atoms with Crippen LogP contribution in [-0.4, -0.2) is 12.0 Å². The molecule has 1 atom stereocenters. The fraction of sp³-hybridized carbons (Fsp3) is 0.188. The maximum Gasteiger partial charge on any atom is 0.261 e. The molecule has 3 nitrogen and oxygen atoms in total. The molecule has 0 spiro atoms. The molecule has 1 N–H and O–H groups in total. The lowest BCUT2D eigenvalue weighted by Crippen LogP contribution is -2.36. The lowest BCUT2D eigenvalue weighted by atomic mass is 10.2. The van der Waals surface area contributed by atoms with Gasteiger partial charge < -0.3 is 10.1 Å². The minimum absolute atomic E-state index is 0.113. The van der Waals surface area contributed by atoms with Gasteiger partial charge in [-0.15, -0.1) is 0 Å². The molecule has 2 aromatic rings. The summed E-state index contributed by atoms with van der Waals surface area (Å²) >= 11 is 5.96. The number of amides is 1. The van der Waals surface area contributed by atoms with Gasteiger partial charge in [0.1, 0.15) is 11.6 Å². The van der Waals surface area contributed by atoms with Gasteiger partial charge in [-0.05, 0) is 25.1 Å². The maximum atomic E-state index is 13.4. The highest BCUT2D eigenvalue weighted by Gasteiger charge is 2.16. The number of ether oxygens (including phenoxy) is 1. The quantitative estimate of drug-likeness (QED) is 0.917. The highest BCUT2D eigenvalue weighted by atomic mass is 35.5. The van der Waals surface area contributed by atoms with Crippen molar-refractivity contribution in [1.29, 1.82) is 0 Å². The third-order valence-corrected chi connectivity index (χ3v) is 3.23. The average molecular weight is 308 g/mol. The van der Waals surface area contributed by atoms with E-state index in [-0.39, 0.29) is 18.3 Å². The van der Waals surface area contributed by atoms with Crippen LogP contribution in [0.5, 0.6) is 5.75 Å². The molecule has 110 valence electrons. The first-order valence-corrected chi connectivity index (χ1v) is 6.88. The van der Waals surface area contributed by atoms with Gasteiger partial charge in [0.2, 0.25) is 0 Å². The predicted octanol–water partition coefficient (Wildman–Crippen LogP) is 3.56. The van der Waals surface area contributed by atoms with Crippen molar-refractivity contribution in [2.24, 2.45) is 0 Å². The molecule has 0 saturated heterocycles. The Hall–Kier alpha value is -2.07. The first-order valence-electron chi connectivity index (χ1n) is 6.50. The van der Waals surface area contributed by atoms with Gasteiger partial charge in [-0.2, -0.15) is 0 Å². The van der Waals surface area contributed by atoms with Crippen LogP contribution in [0, 0.1) is 5.82 Å². The van der Waals surface area contributed by atoms with Gasteiger partial charge in [0.05, 0.1) is 5.02 Å². The second kappa shape index (κ2) is 7.09. The Balaban J connectivity index is 1.91. The van der Waals surface area contributed by atoms with E-state index < -0.39 is 6.10 Å². The van der Waals surface area contributed by atoms with E-state index in [9.17, 15) is 9.18 Å². The number of carbonyl (C=O) groups is 1. The van der Waals surface area contributed by atoms with Crippen molar-refractivity contribution in [3.63, 3.8) is 0 Å². The number of para-hydroxylation sites is 1. The van der Waals surface area contributed by atoms with Crippen LogP contribution in [0.1, 0.15) is 12.5 Å². The predicted molar refractivity (Wildman–Crippen MR) is 79.8 cm³/mol. The monoisotopic (exact) mass is 307 g/mol. The Morgan fingerprint density at radius 3 is 2.62 bits per heavy atom. The van der Waals surface area contributed by atoms with E-state index >= 15 is 0 Å². The molecule has 0 aliphatic heterocycles. The molecule has 0 saturated carbocycles. The van der Waals surface area contributed by atoms with E-state index in [1.807, 2.05) is 0 Å². The van der Waals surface area contributed by atoms with Crippen LogP contribution in [0.15, 0.2) is 48.5 Å². The summed E-state index contributed by atoms with van der Waals surface area (Å²) in [5, 5.41) is 3.07. The first-order chi connectivity index (χ1) is 10.1. The Morgan fingerprint density at radius 1 is 1.24 bits per heavy atom. The number of nitrogens with one attached hydrogen (secondary N) is 1. The van der Waals surface area contributed by atoms with Crippen LogP contribution < -0.4 is 10.1 Å². The Labute approximate surface area is 127 Å². The molecular formula is C16H15ClFNO2. The zero-order valence-electron chi connectivity index (χ0n) is 11.5. The third kappa shape index (κ3) is 4.20. The molecule has 1 amide bonds. The van der Waals surface area contributed by atoms with E-state index in [0.717, 1.165) is 0 Å². The van der Waals surface area contributed by atoms with Gasteiger partial charge in [-0.3, -0.25) is 4.79 Å². The number of hydrogen-bond acceptors (Lipinski definition) is 2. The Kier molecular flexibility index (Phi) is 5.17. The fourth-order valence-electron chi connectivity index (χ4n) is 1.75. The molecule has 0 aliphatic rings. The van der Waals surface area contributed by atoms with Crippen LogP contribution >= 0.6 is 11.6 Å². The van der Waals surface area contributed by atoms with Gasteiger partial charge in [0.15, 0.2) is 6.10 Å². The van der Waals surface area contributed by atoms with E-state index in [0.29, 0.717) is 16.3 Å². The van der Waals surface area contributed by atoms with Crippen LogP contribution in [-0.2, 0) is 11.3 Å². The van der Waals surface area contributed by atoms with Gasteiger partial charge in [-0.1, -0.05) is 41.9 Å². The SMILES string of the molecule is C[C@H](Oc1ccccc1Cl)C(=O)NCc1ccccc1F. The lowest BCUT2D eigenvalue weighted by Gasteiger charge is -2.15. The average Bonchev–Trinajstić information content (AvgIpc) is 2.48. The number of carbonyl (C=O) groups excluding carboxylic acids is 1.